The number of hydrogen-bond donors (Lipinski definition) is 1. The summed E-state index contributed by atoms with van der Waals surface area (Å²) in [4.78, 5) is 27.0. The number of rotatable bonds is 5. The van der Waals surface area contributed by atoms with Gasteiger partial charge in [-0.15, -0.1) is 0 Å². The molecule has 1 fully saturated rings. The van der Waals surface area contributed by atoms with E-state index in [1.54, 1.807) is 0 Å². The molecule has 1 saturated heterocycles. The number of nitrogens with zero attached hydrogens (tertiary/aromatic N) is 4. The Labute approximate surface area is 209 Å². The van der Waals surface area contributed by atoms with Crippen molar-refractivity contribution in [1.82, 2.24) is 14.9 Å². The molecule has 1 N–H and O–H groups in total. The number of aryl methyl sites for hydroxylation is 5. The second-order valence-electron chi connectivity index (χ2n) is 9.61. The highest BCUT2D eigenvalue weighted by atomic mass is 16.2. The normalized spacial score (nSPS) is 14.1. The van der Waals surface area contributed by atoms with Crippen LogP contribution < -0.4 is 10.2 Å². The molecule has 2 amide bonds. The summed E-state index contributed by atoms with van der Waals surface area (Å²) in [6, 6.07) is 14.8. The molecule has 1 aliphatic rings. The Morgan fingerprint density at radius 3 is 2.37 bits per heavy atom. The number of aromatic nitrogens is 2. The number of urea groups is 1. The standard InChI is InChI=1S/C29H37N5O/c1-6-26-25(19-24-11-8-20(2)9-12-24)28(31-23(5)30-26)33-14-7-15-34(17-16-33)29(35)32-27-13-10-21(3)18-22(27)4/h8-13,18H,6-7,14-17,19H2,1-5H3,(H,32,35). The van der Waals surface area contributed by atoms with Crippen molar-refractivity contribution in [2.45, 2.75) is 53.9 Å². The summed E-state index contributed by atoms with van der Waals surface area (Å²) in [5.74, 6) is 1.82. The van der Waals surface area contributed by atoms with Gasteiger partial charge in [0.1, 0.15) is 11.6 Å². The molecule has 6 nitrogen and oxygen atoms in total. The first-order valence-corrected chi connectivity index (χ1v) is 12.6. The van der Waals surface area contributed by atoms with E-state index in [1.165, 1.54) is 22.3 Å². The fourth-order valence-corrected chi connectivity index (χ4v) is 4.76. The lowest BCUT2D eigenvalue weighted by molar-refractivity contribution is 0.215. The first-order valence-electron chi connectivity index (χ1n) is 12.6. The summed E-state index contributed by atoms with van der Waals surface area (Å²) in [7, 11) is 0. The molecule has 0 aliphatic carbocycles. The number of amides is 2. The zero-order valence-electron chi connectivity index (χ0n) is 21.7. The molecule has 0 saturated carbocycles. The van der Waals surface area contributed by atoms with E-state index in [0.717, 1.165) is 67.5 Å². The molecular formula is C29H37N5O. The van der Waals surface area contributed by atoms with Gasteiger partial charge < -0.3 is 15.1 Å². The molecular weight excluding hydrogens is 434 g/mol. The number of carbonyl (C=O) groups excluding carboxylic acids is 1. The van der Waals surface area contributed by atoms with Crippen molar-refractivity contribution < 1.29 is 4.79 Å². The third-order valence-corrected chi connectivity index (χ3v) is 6.73. The predicted molar refractivity (Wildman–Crippen MR) is 143 cm³/mol. The van der Waals surface area contributed by atoms with Crippen LogP contribution in [0.2, 0.25) is 0 Å². The predicted octanol–water partition coefficient (Wildman–Crippen LogP) is 5.61. The molecule has 6 heteroatoms. The summed E-state index contributed by atoms with van der Waals surface area (Å²) in [5.41, 5.74) is 8.00. The topological polar surface area (TPSA) is 61.4 Å². The van der Waals surface area contributed by atoms with E-state index < -0.39 is 0 Å². The van der Waals surface area contributed by atoms with Gasteiger partial charge in [0, 0.05) is 49.5 Å². The summed E-state index contributed by atoms with van der Waals surface area (Å²) in [6.07, 6.45) is 2.58. The van der Waals surface area contributed by atoms with E-state index in [1.807, 2.05) is 30.9 Å². The molecule has 0 unspecified atom stereocenters. The van der Waals surface area contributed by atoms with Gasteiger partial charge in [-0.2, -0.15) is 0 Å². The van der Waals surface area contributed by atoms with Gasteiger partial charge in [0.15, 0.2) is 0 Å². The number of carbonyl (C=O) groups is 1. The van der Waals surface area contributed by atoms with Gasteiger partial charge in [0.2, 0.25) is 0 Å². The van der Waals surface area contributed by atoms with Crippen molar-refractivity contribution in [3.63, 3.8) is 0 Å². The summed E-state index contributed by atoms with van der Waals surface area (Å²) >= 11 is 0. The van der Waals surface area contributed by atoms with Crippen molar-refractivity contribution >= 4 is 17.5 Å². The maximum absolute atomic E-state index is 13.1. The van der Waals surface area contributed by atoms with Crippen molar-refractivity contribution in [3.8, 4) is 0 Å². The fourth-order valence-electron chi connectivity index (χ4n) is 4.76. The quantitative estimate of drug-likeness (QED) is 0.526. The molecule has 3 aromatic rings. The van der Waals surface area contributed by atoms with E-state index in [2.05, 4.69) is 61.3 Å². The Kier molecular flexibility index (Phi) is 7.69. The Balaban J connectivity index is 1.53. The Morgan fingerprint density at radius 2 is 1.66 bits per heavy atom. The van der Waals surface area contributed by atoms with Crippen molar-refractivity contribution in [2.75, 3.05) is 36.4 Å². The zero-order chi connectivity index (χ0) is 24.9. The molecule has 0 atom stereocenters. The van der Waals surface area contributed by atoms with Gasteiger partial charge in [0.05, 0.1) is 0 Å². The summed E-state index contributed by atoms with van der Waals surface area (Å²) in [5, 5.41) is 3.11. The van der Waals surface area contributed by atoms with Crippen LogP contribution in [-0.4, -0.2) is 47.1 Å². The van der Waals surface area contributed by atoms with Gasteiger partial charge in [-0.3, -0.25) is 0 Å². The fraction of sp³-hybridized carbons (Fsp3) is 0.414. The number of hydrogen-bond acceptors (Lipinski definition) is 4. The number of anilines is 2. The summed E-state index contributed by atoms with van der Waals surface area (Å²) in [6.45, 7) is 13.3. The molecule has 0 bridgehead atoms. The monoisotopic (exact) mass is 471 g/mol. The lowest BCUT2D eigenvalue weighted by Gasteiger charge is -2.26. The molecule has 35 heavy (non-hydrogen) atoms. The van der Waals surface area contributed by atoms with Crippen molar-refractivity contribution in [1.29, 1.82) is 0 Å². The molecule has 184 valence electrons. The van der Waals surface area contributed by atoms with E-state index in [4.69, 9.17) is 9.97 Å². The van der Waals surface area contributed by atoms with Gasteiger partial charge in [-0.1, -0.05) is 54.4 Å². The third-order valence-electron chi connectivity index (χ3n) is 6.73. The van der Waals surface area contributed by atoms with Crippen LogP contribution in [0, 0.1) is 27.7 Å². The highest BCUT2D eigenvalue weighted by Crippen LogP contribution is 2.26. The minimum Gasteiger partial charge on any atom is -0.354 e. The van der Waals surface area contributed by atoms with Crippen LogP contribution in [0.25, 0.3) is 0 Å². The van der Waals surface area contributed by atoms with Crippen LogP contribution in [0.15, 0.2) is 42.5 Å². The molecule has 0 spiro atoms. The van der Waals surface area contributed by atoms with Gasteiger partial charge in [-0.05, 0) is 57.7 Å². The highest BCUT2D eigenvalue weighted by molar-refractivity contribution is 5.90. The Morgan fingerprint density at radius 1 is 0.914 bits per heavy atom. The zero-order valence-corrected chi connectivity index (χ0v) is 21.7. The molecule has 1 aromatic heterocycles. The average Bonchev–Trinajstić information content (AvgIpc) is 3.09. The lowest BCUT2D eigenvalue weighted by Crippen LogP contribution is -2.38. The van der Waals surface area contributed by atoms with E-state index in [0.29, 0.717) is 6.54 Å². The van der Waals surface area contributed by atoms with Crippen LogP contribution >= 0.6 is 0 Å². The van der Waals surface area contributed by atoms with Gasteiger partial charge in [-0.25, -0.2) is 14.8 Å². The largest absolute Gasteiger partial charge is 0.354 e. The second-order valence-corrected chi connectivity index (χ2v) is 9.61. The van der Waals surface area contributed by atoms with Crippen LogP contribution in [0.1, 0.15) is 52.7 Å². The number of nitrogens with one attached hydrogen (secondary N) is 1. The van der Waals surface area contributed by atoms with Gasteiger partial charge in [0.25, 0.3) is 0 Å². The highest BCUT2D eigenvalue weighted by Gasteiger charge is 2.24. The van der Waals surface area contributed by atoms with Crippen LogP contribution in [0.3, 0.4) is 0 Å². The molecule has 2 aromatic carbocycles. The van der Waals surface area contributed by atoms with Crippen LogP contribution in [0.5, 0.6) is 0 Å². The Hall–Kier alpha value is -3.41. The minimum absolute atomic E-state index is 0.0354. The van der Waals surface area contributed by atoms with E-state index in [-0.39, 0.29) is 6.03 Å². The van der Waals surface area contributed by atoms with E-state index in [9.17, 15) is 4.79 Å². The average molecular weight is 472 g/mol. The third kappa shape index (κ3) is 5.99. The van der Waals surface area contributed by atoms with Gasteiger partial charge >= 0.3 is 6.03 Å². The maximum atomic E-state index is 13.1. The van der Waals surface area contributed by atoms with Crippen molar-refractivity contribution in [2.24, 2.45) is 0 Å². The molecule has 0 radical (unpaired) electrons. The molecule has 2 heterocycles. The number of benzene rings is 2. The Bertz CT molecular complexity index is 1190. The van der Waals surface area contributed by atoms with Crippen LogP contribution in [0.4, 0.5) is 16.3 Å². The summed E-state index contributed by atoms with van der Waals surface area (Å²) < 4.78 is 0. The molecule has 4 rings (SSSR count). The minimum atomic E-state index is -0.0354. The maximum Gasteiger partial charge on any atom is 0.321 e. The van der Waals surface area contributed by atoms with E-state index >= 15 is 0 Å². The molecule has 1 aliphatic heterocycles. The van der Waals surface area contributed by atoms with Crippen molar-refractivity contribution in [3.05, 3.63) is 81.8 Å². The SMILES string of the molecule is CCc1nc(C)nc(N2CCCN(C(=O)Nc3ccc(C)cc3C)CC2)c1Cc1ccc(C)cc1. The smallest absolute Gasteiger partial charge is 0.321 e. The van der Waals surface area contributed by atoms with Crippen LogP contribution in [-0.2, 0) is 12.8 Å². The first kappa shape index (κ1) is 24.7. The second kappa shape index (κ2) is 10.9. The lowest BCUT2D eigenvalue weighted by atomic mass is 10.0. The first-order chi connectivity index (χ1) is 16.8.